The number of nitrogens with one attached hydrogen (secondary N) is 1. The second-order valence-corrected chi connectivity index (χ2v) is 7.11. The van der Waals surface area contributed by atoms with Crippen molar-refractivity contribution in [2.45, 2.75) is 53.4 Å². The van der Waals surface area contributed by atoms with Crippen LogP contribution in [0.15, 0.2) is 48.1 Å². The van der Waals surface area contributed by atoms with Crippen molar-refractivity contribution in [1.82, 2.24) is 5.48 Å². The van der Waals surface area contributed by atoms with Gasteiger partial charge in [-0.3, -0.25) is 14.8 Å². The third kappa shape index (κ3) is 8.09. The number of rotatable bonds is 12. The van der Waals surface area contributed by atoms with Gasteiger partial charge in [0, 0.05) is 36.3 Å². The topological polar surface area (TPSA) is 69.6 Å². The molecule has 1 aromatic carbocycles. The molecule has 0 aliphatic heterocycles. The summed E-state index contributed by atoms with van der Waals surface area (Å²) < 4.78 is 0. The highest BCUT2D eigenvalue weighted by molar-refractivity contribution is 5.99. The number of anilines is 1. The minimum atomic E-state index is -0.599. The lowest BCUT2D eigenvalue weighted by Crippen LogP contribution is -2.25. The number of hydrogen-bond donors (Lipinski definition) is 2. The van der Waals surface area contributed by atoms with Crippen LogP contribution in [-0.4, -0.2) is 30.0 Å². The zero-order valence-electron chi connectivity index (χ0n) is 17.6. The minimum Gasteiger partial charge on any atom is -0.372 e. The lowest BCUT2D eigenvalue weighted by molar-refractivity contribution is -0.124. The molecular formula is C23H34N2O3. The maximum Gasteiger partial charge on any atom is 0.267 e. The molecule has 0 radical (unpaired) electrons. The number of hydrogen-bond acceptors (Lipinski definition) is 4. The van der Waals surface area contributed by atoms with Gasteiger partial charge in [-0.05, 0) is 44.0 Å². The number of hydroxylamine groups is 1. The van der Waals surface area contributed by atoms with Gasteiger partial charge in [0.15, 0.2) is 5.78 Å². The van der Waals surface area contributed by atoms with E-state index in [4.69, 9.17) is 5.21 Å². The largest absolute Gasteiger partial charge is 0.372 e. The summed E-state index contributed by atoms with van der Waals surface area (Å²) in [6.45, 7) is 10.1. The molecule has 1 rings (SSSR count). The Labute approximate surface area is 169 Å². The van der Waals surface area contributed by atoms with E-state index in [1.807, 2.05) is 44.2 Å². The van der Waals surface area contributed by atoms with Crippen molar-refractivity contribution < 1.29 is 14.8 Å². The van der Waals surface area contributed by atoms with Crippen LogP contribution in [0, 0.1) is 5.92 Å². The van der Waals surface area contributed by atoms with Gasteiger partial charge >= 0.3 is 0 Å². The number of Topliss-reactive ketones (excluding diaryl/α,β-unsaturated/α-hetero) is 1. The molecule has 0 aromatic heterocycles. The first-order valence-electron chi connectivity index (χ1n) is 10.1. The highest BCUT2D eigenvalue weighted by atomic mass is 16.5. The van der Waals surface area contributed by atoms with Gasteiger partial charge in [-0.25, -0.2) is 5.48 Å². The molecule has 0 saturated carbocycles. The van der Waals surface area contributed by atoms with Crippen molar-refractivity contribution in [2.75, 3.05) is 18.0 Å². The summed E-state index contributed by atoms with van der Waals surface area (Å²) in [6.07, 6.45) is 9.25. The van der Waals surface area contributed by atoms with Gasteiger partial charge in [-0.1, -0.05) is 51.3 Å². The van der Waals surface area contributed by atoms with Gasteiger partial charge in [0.2, 0.25) is 0 Å². The van der Waals surface area contributed by atoms with Crippen LogP contribution in [0.1, 0.15) is 63.7 Å². The quantitative estimate of drug-likeness (QED) is 0.176. The second-order valence-electron chi connectivity index (χ2n) is 7.11. The number of carbonyl (C=O) groups excluding carboxylic acids is 2. The minimum absolute atomic E-state index is 0.0413. The molecular weight excluding hydrogens is 352 g/mol. The molecule has 28 heavy (non-hydrogen) atoms. The number of ketones is 1. The molecule has 1 amide bonds. The van der Waals surface area contributed by atoms with Gasteiger partial charge in [0.25, 0.3) is 5.91 Å². The third-order valence-corrected chi connectivity index (χ3v) is 4.61. The van der Waals surface area contributed by atoms with E-state index in [-0.39, 0.29) is 11.7 Å². The monoisotopic (exact) mass is 386 g/mol. The van der Waals surface area contributed by atoms with E-state index in [0.717, 1.165) is 50.0 Å². The van der Waals surface area contributed by atoms with Crippen molar-refractivity contribution in [3.63, 3.8) is 0 Å². The Morgan fingerprint density at radius 3 is 2.14 bits per heavy atom. The maximum absolute atomic E-state index is 12.7. The summed E-state index contributed by atoms with van der Waals surface area (Å²) >= 11 is 0. The molecule has 0 unspecified atom stereocenters. The Bertz CT molecular complexity index is 670. The number of allylic oxidation sites excluding steroid dienone is 3. The zero-order chi connectivity index (χ0) is 20.9. The van der Waals surface area contributed by atoms with Crippen LogP contribution in [0.2, 0.25) is 0 Å². The second kappa shape index (κ2) is 12.9. The summed E-state index contributed by atoms with van der Waals surface area (Å²) in [5.41, 5.74) is 4.17. The summed E-state index contributed by atoms with van der Waals surface area (Å²) in [6, 6.07) is 7.87. The number of nitrogens with zero attached hydrogens (tertiary/aromatic N) is 1. The highest BCUT2D eigenvalue weighted by Crippen LogP contribution is 2.19. The Morgan fingerprint density at radius 2 is 1.64 bits per heavy atom. The molecule has 5 heteroatoms. The van der Waals surface area contributed by atoms with Crippen molar-refractivity contribution in [2.24, 2.45) is 5.92 Å². The first kappa shape index (κ1) is 23.6. The van der Waals surface area contributed by atoms with Crippen LogP contribution in [0.3, 0.4) is 0 Å². The summed E-state index contributed by atoms with van der Waals surface area (Å²) in [5, 5.41) is 8.50. The van der Waals surface area contributed by atoms with E-state index in [9.17, 15) is 9.59 Å². The van der Waals surface area contributed by atoms with Crippen molar-refractivity contribution in [1.29, 1.82) is 0 Å². The van der Waals surface area contributed by atoms with Crippen LogP contribution in [0.25, 0.3) is 0 Å². The van der Waals surface area contributed by atoms with Gasteiger partial charge < -0.3 is 4.90 Å². The van der Waals surface area contributed by atoms with Gasteiger partial charge in [0.05, 0.1) is 0 Å². The first-order valence-corrected chi connectivity index (χ1v) is 10.1. The summed E-state index contributed by atoms with van der Waals surface area (Å²) in [4.78, 5) is 26.1. The molecule has 154 valence electrons. The molecule has 0 heterocycles. The molecule has 0 bridgehead atoms. The number of benzene rings is 1. The average Bonchev–Trinajstić information content (AvgIpc) is 2.71. The molecule has 0 spiro atoms. The van der Waals surface area contributed by atoms with E-state index < -0.39 is 5.91 Å². The molecule has 0 fully saturated rings. The summed E-state index contributed by atoms with van der Waals surface area (Å²) in [5.74, 6) is -0.860. The third-order valence-electron chi connectivity index (χ3n) is 4.61. The molecule has 0 saturated heterocycles. The van der Waals surface area contributed by atoms with Crippen LogP contribution in [0.4, 0.5) is 5.69 Å². The predicted octanol–water partition coefficient (Wildman–Crippen LogP) is 4.92. The standard InChI is InChI=1S/C23H34N2O3/c1-5-7-15-25(16-8-6-2)21-12-10-20(11-13-21)23(27)19(4)17-18(3)9-14-22(26)24-28/h9-14,17,19,28H,5-8,15-16H2,1-4H3,(H,24,26)/t19-/m1/s1. The average molecular weight is 387 g/mol. The fraction of sp³-hybridized carbons (Fsp3) is 0.478. The number of amides is 1. The van der Waals surface area contributed by atoms with Crippen molar-refractivity contribution in [3.8, 4) is 0 Å². The van der Waals surface area contributed by atoms with Crippen LogP contribution in [-0.2, 0) is 4.79 Å². The normalized spacial score (nSPS) is 12.8. The fourth-order valence-corrected chi connectivity index (χ4v) is 2.94. The first-order chi connectivity index (χ1) is 13.4. The molecule has 0 aliphatic rings. The Kier molecular flexibility index (Phi) is 10.9. The Morgan fingerprint density at radius 1 is 1.07 bits per heavy atom. The van der Waals surface area contributed by atoms with Crippen LogP contribution in [0.5, 0.6) is 0 Å². The van der Waals surface area contributed by atoms with Crippen molar-refractivity contribution in [3.05, 3.63) is 53.6 Å². The Balaban J connectivity index is 2.83. The Hall–Kier alpha value is -2.40. The van der Waals surface area contributed by atoms with Crippen molar-refractivity contribution >= 4 is 17.4 Å². The van der Waals surface area contributed by atoms with Gasteiger partial charge in [-0.15, -0.1) is 0 Å². The fourth-order valence-electron chi connectivity index (χ4n) is 2.94. The maximum atomic E-state index is 12.7. The SMILES string of the molecule is CCCCN(CCCC)c1ccc(C(=O)[C@H](C)C=C(C)C=CC(=O)NO)cc1. The zero-order valence-corrected chi connectivity index (χ0v) is 17.6. The van der Waals surface area contributed by atoms with E-state index in [1.54, 1.807) is 6.08 Å². The molecule has 5 nitrogen and oxygen atoms in total. The van der Waals surface area contributed by atoms with E-state index in [0.29, 0.717) is 5.56 Å². The van der Waals surface area contributed by atoms with Gasteiger partial charge in [-0.2, -0.15) is 0 Å². The molecule has 1 atom stereocenters. The molecule has 2 N–H and O–H groups in total. The lowest BCUT2D eigenvalue weighted by Gasteiger charge is -2.25. The highest BCUT2D eigenvalue weighted by Gasteiger charge is 2.14. The summed E-state index contributed by atoms with van der Waals surface area (Å²) in [7, 11) is 0. The van der Waals surface area contributed by atoms with Crippen LogP contribution < -0.4 is 10.4 Å². The van der Waals surface area contributed by atoms with Crippen LogP contribution >= 0.6 is 0 Å². The smallest absolute Gasteiger partial charge is 0.267 e. The lowest BCUT2D eigenvalue weighted by atomic mass is 9.97. The number of carbonyl (C=O) groups is 2. The van der Waals surface area contributed by atoms with E-state index >= 15 is 0 Å². The number of unbranched alkanes of at least 4 members (excludes halogenated alkanes) is 2. The molecule has 0 aliphatic carbocycles. The van der Waals surface area contributed by atoms with E-state index in [2.05, 4.69) is 18.7 Å². The van der Waals surface area contributed by atoms with E-state index in [1.165, 1.54) is 11.6 Å². The molecule has 1 aromatic rings. The predicted molar refractivity (Wildman–Crippen MR) is 115 cm³/mol. The van der Waals surface area contributed by atoms with Gasteiger partial charge in [0.1, 0.15) is 0 Å².